The van der Waals surface area contributed by atoms with Crippen LogP contribution in [-0.2, 0) is 52.8 Å². The quantitative estimate of drug-likeness (QED) is 0.144. The molecule has 4 atom stereocenters. The van der Waals surface area contributed by atoms with Crippen LogP contribution in [0.4, 0.5) is 0 Å². The Bertz CT molecular complexity index is 1580. The average molecular weight is 750 g/mol. The van der Waals surface area contributed by atoms with Crippen molar-refractivity contribution in [2.24, 2.45) is 11.3 Å². The molecule has 298 valence electrons. The number of esters is 1. The first-order chi connectivity index (χ1) is 25.6. The fourth-order valence-corrected chi connectivity index (χ4v) is 6.82. The summed E-state index contributed by atoms with van der Waals surface area (Å²) in [6, 6.07) is 12.3. The summed E-state index contributed by atoms with van der Waals surface area (Å²) < 4.78 is 22.6. The second-order valence-electron chi connectivity index (χ2n) is 16.6. The number of aryl methyl sites for hydroxylation is 1. The number of carbonyl (C=O) groups excluding carboxylic acids is 4. The summed E-state index contributed by atoms with van der Waals surface area (Å²) in [5, 5.41) is 6.34. The predicted octanol–water partition coefficient (Wildman–Crippen LogP) is 6.24. The normalized spacial score (nSPS) is 18.1. The third kappa shape index (κ3) is 12.5. The summed E-state index contributed by atoms with van der Waals surface area (Å²) >= 11 is 0. The Morgan fingerprint density at radius 1 is 0.889 bits per heavy atom. The summed E-state index contributed by atoms with van der Waals surface area (Å²) in [6.45, 7) is 17.3. The molecule has 54 heavy (non-hydrogen) atoms. The van der Waals surface area contributed by atoms with Gasteiger partial charge in [0.15, 0.2) is 0 Å². The molecule has 11 heteroatoms. The molecule has 1 aliphatic heterocycles. The molecule has 0 saturated carbocycles. The Kier molecular flexibility index (Phi) is 15.5. The van der Waals surface area contributed by atoms with Crippen LogP contribution in [0.3, 0.4) is 0 Å². The molecule has 0 fully saturated rings. The predicted molar refractivity (Wildman–Crippen MR) is 208 cm³/mol. The van der Waals surface area contributed by atoms with E-state index >= 15 is 0 Å². The van der Waals surface area contributed by atoms with Gasteiger partial charge in [-0.25, -0.2) is 0 Å². The number of rotatable bonds is 17. The topological polar surface area (TPSA) is 133 Å². The van der Waals surface area contributed by atoms with Gasteiger partial charge in [-0.05, 0) is 92.7 Å². The molecular weight excluding hydrogens is 686 g/mol. The zero-order valence-electron chi connectivity index (χ0n) is 33.8. The Morgan fingerprint density at radius 2 is 1.59 bits per heavy atom. The van der Waals surface area contributed by atoms with Crippen molar-refractivity contribution in [3.05, 3.63) is 64.7 Å². The zero-order chi connectivity index (χ0) is 39.5. The van der Waals surface area contributed by atoms with Gasteiger partial charge in [0.25, 0.3) is 0 Å². The van der Waals surface area contributed by atoms with Gasteiger partial charge in [-0.3, -0.25) is 19.2 Å². The van der Waals surface area contributed by atoms with Crippen LogP contribution in [0.25, 0.3) is 0 Å². The van der Waals surface area contributed by atoms with E-state index in [9.17, 15) is 19.2 Å². The van der Waals surface area contributed by atoms with E-state index in [0.29, 0.717) is 64.5 Å². The molecule has 2 N–H and O–H groups in total. The van der Waals surface area contributed by atoms with Gasteiger partial charge in [-0.2, -0.15) is 0 Å². The fraction of sp³-hybridized carbons (Fsp3) is 0.628. The van der Waals surface area contributed by atoms with E-state index in [0.717, 1.165) is 36.0 Å². The molecular formula is C43H63N3O8. The molecule has 0 saturated heterocycles. The minimum absolute atomic E-state index is 0.127. The molecule has 2 aliphatic rings. The second kappa shape index (κ2) is 19.6. The lowest BCUT2D eigenvalue weighted by Crippen LogP contribution is -2.61. The molecule has 0 radical (unpaired) electrons. The SMILES string of the molecule is CC[C@@H](C)C(=O)N[C@H](C(=O)N1Cc2cc(OCCOCCOCCCC(=O)OC(C)(C)C)ccc2C[C@H]1C(=O)N[C@@H]1CCCc2ccccc21)C(C)(C)C. The van der Waals surface area contributed by atoms with Gasteiger partial charge in [0.2, 0.25) is 17.7 Å². The smallest absolute Gasteiger partial charge is 0.306 e. The van der Waals surface area contributed by atoms with Crippen molar-refractivity contribution in [3.63, 3.8) is 0 Å². The number of hydrogen-bond acceptors (Lipinski definition) is 8. The number of ether oxygens (including phenoxy) is 4. The van der Waals surface area contributed by atoms with Gasteiger partial charge in [0.05, 0.1) is 25.9 Å². The van der Waals surface area contributed by atoms with Crippen LogP contribution >= 0.6 is 0 Å². The van der Waals surface area contributed by atoms with Crippen molar-refractivity contribution in [2.75, 3.05) is 33.0 Å². The number of nitrogens with zero attached hydrogens (tertiary/aromatic N) is 1. The van der Waals surface area contributed by atoms with E-state index in [1.807, 2.05) is 85.7 Å². The Labute approximate surface area is 322 Å². The molecule has 0 bridgehead atoms. The Balaban J connectivity index is 1.39. The molecule has 1 heterocycles. The highest BCUT2D eigenvalue weighted by atomic mass is 16.6. The lowest BCUT2D eigenvalue weighted by Gasteiger charge is -2.42. The van der Waals surface area contributed by atoms with Crippen LogP contribution in [0.15, 0.2) is 42.5 Å². The summed E-state index contributed by atoms with van der Waals surface area (Å²) in [5.41, 5.74) is 3.17. The van der Waals surface area contributed by atoms with E-state index in [2.05, 4.69) is 22.8 Å². The van der Waals surface area contributed by atoms with Crippen LogP contribution in [0.5, 0.6) is 5.75 Å². The maximum absolute atomic E-state index is 14.6. The van der Waals surface area contributed by atoms with Crippen molar-refractivity contribution in [1.82, 2.24) is 15.5 Å². The molecule has 0 unspecified atom stereocenters. The van der Waals surface area contributed by atoms with Gasteiger partial charge < -0.3 is 34.5 Å². The zero-order valence-corrected chi connectivity index (χ0v) is 33.8. The van der Waals surface area contributed by atoms with Crippen molar-refractivity contribution in [1.29, 1.82) is 0 Å². The maximum Gasteiger partial charge on any atom is 0.306 e. The number of fused-ring (bicyclic) bond motifs is 2. The van der Waals surface area contributed by atoms with Crippen molar-refractivity contribution >= 4 is 23.7 Å². The van der Waals surface area contributed by atoms with Crippen LogP contribution in [-0.4, -0.2) is 79.3 Å². The lowest BCUT2D eigenvalue weighted by atomic mass is 9.83. The van der Waals surface area contributed by atoms with Gasteiger partial charge in [-0.1, -0.05) is 65.0 Å². The molecule has 2 aromatic carbocycles. The first-order valence-corrected chi connectivity index (χ1v) is 19.7. The average Bonchev–Trinajstić information content (AvgIpc) is 3.12. The Morgan fingerprint density at radius 3 is 2.30 bits per heavy atom. The highest BCUT2D eigenvalue weighted by Gasteiger charge is 2.43. The van der Waals surface area contributed by atoms with Crippen LogP contribution in [0.2, 0.25) is 0 Å². The van der Waals surface area contributed by atoms with E-state index < -0.39 is 23.1 Å². The van der Waals surface area contributed by atoms with E-state index in [1.54, 1.807) is 4.90 Å². The molecule has 3 amide bonds. The van der Waals surface area contributed by atoms with Gasteiger partial charge in [-0.15, -0.1) is 0 Å². The van der Waals surface area contributed by atoms with Gasteiger partial charge in [0.1, 0.15) is 30.0 Å². The highest BCUT2D eigenvalue weighted by Crippen LogP contribution is 2.33. The van der Waals surface area contributed by atoms with Crippen LogP contribution in [0, 0.1) is 11.3 Å². The number of hydrogen-bond donors (Lipinski definition) is 2. The summed E-state index contributed by atoms with van der Waals surface area (Å²) in [5.74, 6) is -0.482. The molecule has 1 aliphatic carbocycles. The molecule has 4 rings (SSSR count). The van der Waals surface area contributed by atoms with Gasteiger partial charge >= 0.3 is 5.97 Å². The molecule has 0 spiro atoms. The number of amides is 3. The third-order valence-corrected chi connectivity index (χ3v) is 10.00. The van der Waals surface area contributed by atoms with Crippen molar-refractivity contribution < 1.29 is 38.1 Å². The third-order valence-electron chi connectivity index (χ3n) is 10.00. The van der Waals surface area contributed by atoms with Gasteiger partial charge in [0, 0.05) is 31.9 Å². The van der Waals surface area contributed by atoms with Crippen LogP contribution in [0.1, 0.15) is 116 Å². The lowest BCUT2D eigenvalue weighted by molar-refractivity contribution is -0.155. The van der Waals surface area contributed by atoms with Crippen molar-refractivity contribution in [3.8, 4) is 5.75 Å². The fourth-order valence-electron chi connectivity index (χ4n) is 6.82. The van der Waals surface area contributed by atoms with E-state index in [1.165, 1.54) is 5.56 Å². The second-order valence-corrected chi connectivity index (χ2v) is 16.6. The summed E-state index contributed by atoms with van der Waals surface area (Å²) in [7, 11) is 0. The molecule has 11 nitrogen and oxygen atoms in total. The number of carbonyl (C=O) groups is 4. The minimum Gasteiger partial charge on any atom is -0.491 e. The molecule has 2 aromatic rings. The Hall–Kier alpha value is -3.96. The monoisotopic (exact) mass is 749 g/mol. The maximum atomic E-state index is 14.6. The minimum atomic E-state index is -0.822. The van der Waals surface area contributed by atoms with E-state index in [-0.39, 0.29) is 42.2 Å². The highest BCUT2D eigenvalue weighted by molar-refractivity contribution is 5.93. The standard InChI is InChI=1S/C43H63N3O8/c1-9-29(2)39(48)45-38(42(3,4)5)41(50)46-28-32-26-33(53-25-24-52-23-22-51-21-13-18-37(47)54-43(6,7)8)20-19-31(32)27-36(46)40(49)44-35-17-12-15-30-14-10-11-16-34(30)35/h10-11,14,16,19-20,26,29,35-36,38H,9,12-13,15,17-18,21-25,27-28H2,1-8H3,(H,44,49)(H,45,48)/t29-,35-,36+,38-/m1/s1. The number of benzene rings is 2. The largest absolute Gasteiger partial charge is 0.491 e. The number of nitrogens with one attached hydrogen (secondary N) is 2. The molecule has 0 aromatic heterocycles. The van der Waals surface area contributed by atoms with Crippen LogP contribution < -0.4 is 15.4 Å². The summed E-state index contributed by atoms with van der Waals surface area (Å²) in [6.07, 6.45) is 4.70. The van der Waals surface area contributed by atoms with Crippen molar-refractivity contribution in [2.45, 2.75) is 131 Å². The first kappa shape index (κ1) is 42.8. The van der Waals surface area contributed by atoms with E-state index in [4.69, 9.17) is 18.9 Å². The first-order valence-electron chi connectivity index (χ1n) is 19.7. The summed E-state index contributed by atoms with van der Waals surface area (Å²) in [4.78, 5) is 55.4.